The zero-order valence-corrected chi connectivity index (χ0v) is 17.1. The number of nitrogens with zero attached hydrogens (tertiary/aromatic N) is 2. The van der Waals surface area contributed by atoms with Crippen LogP contribution in [0.1, 0.15) is 26.5 Å². The Balaban J connectivity index is 1.38. The van der Waals surface area contributed by atoms with E-state index in [2.05, 4.69) is 15.3 Å². The summed E-state index contributed by atoms with van der Waals surface area (Å²) >= 11 is 1.36. The Bertz CT molecular complexity index is 1100. The number of amides is 1. The molecule has 2 aromatic heterocycles. The highest BCUT2D eigenvalue weighted by Gasteiger charge is 2.15. The Kier molecular flexibility index (Phi) is 6.47. The fraction of sp³-hybridized carbons (Fsp3) is 0.125. The summed E-state index contributed by atoms with van der Waals surface area (Å²) in [5.74, 6) is 0.557. The Morgan fingerprint density at radius 3 is 2.60 bits per heavy atom. The predicted molar refractivity (Wildman–Crippen MR) is 119 cm³/mol. The Hall–Kier alpha value is -3.51. The van der Waals surface area contributed by atoms with Gasteiger partial charge in [-0.2, -0.15) is 0 Å². The van der Waals surface area contributed by atoms with Crippen LogP contribution in [0.5, 0.6) is 5.75 Å². The maximum atomic E-state index is 12.8. The van der Waals surface area contributed by atoms with Gasteiger partial charge >= 0.3 is 0 Å². The number of hydrogen-bond donors (Lipinski definition) is 1. The van der Waals surface area contributed by atoms with Gasteiger partial charge in [0.15, 0.2) is 0 Å². The second-order valence-corrected chi connectivity index (χ2v) is 7.59. The van der Waals surface area contributed by atoms with Gasteiger partial charge in [0.1, 0.15) is 17.2 Å². The van der Waals surface area contributed by atoms with Crippen molar-refractivity contribution in [3.63, 3.8) is 0 Å². The monoisotopic (exact) mass is 415 g/mol. The van der Waals surface area contributed by atoms with Gasteiger partial charge in [-0.1, -0.05) is 36.4 Å². The Morgan fingerprint density at radius 1 is 0.933 bits per heavy atom. The van der Waals surface area contributed by atoms with Crippen molar-refractivity contribution in [1.29, 1.82) is 0 Å². The molecule has 1 N–H and O–H groups in total. The van der Waals surface area contributed by atoms with E-state index < -0.39 is 0 Å². The normalized spacial score (nSPS) is 10.5. The maximum Gasteiger partial charge on any atom is 0.267 e. The zero-order valence-electron chi connectivity index (χ0n) is 16.3. The number of benzene rings is 2. The van der Waals surface area contributed by atoms with Crippen LogP contribution in [-0.4, -0.2) is 15.9 Å². The van der Waals surface area contributed by atoms with Gasteiger partial charge in [-0.15, -0.1) is 11.3 Å². The quantitative estimate of drug-likeness (QED) is 0.432. The first-order valence-corrected chi connectivity index (χ1v) is 10.6. The number of aryl methyl sites for hydroxylation is 2. The molecule has 0 saturated carbocycles. The van der Waals surface area contributed by atoms with Crippen LogP contribution < -0.4 is 10.1 Å². The first-order chi connectivity index (χ1) is 14.8. The molecule has 0 saturated heterocycles. The van der Waals surface area contributed by atoms with E-state index in [-0.39, 0.29) is 5.91 Å². The minimum Gasteiger partial charge on any atom is -0.489 e. The van der Waals surface area contributed by atoms with Crippen LogP contribution in [-0.2, 0) is 19.4 Å². The van der Waals surface area contributed by atoms with Crippen LogP contribution in [0, 0.1) is 0 Å². The van der Waals surface area contributed by atoms with Crippen LogP contribution in [0.15, 0.2) is 84.6 Å². The van der Waals surface area contributed by atoms with Gasteiger partial charge in [-0.3, -0.25) is 9.78 Å². The molecule has 150 valence electrons. The number of anilines is 1. The summed E-state index contributed by atoms with van der Waals surface area (Å²) in [6.45, 7) is 0.478. The van der Waals surface area contributed by atoms with E-state index >= 15 is 0 Å². The highest BCUT2D eigenvalue weighted by atomic mass is 32.1. The average Bonchev–Trinajstić information content (AvgIpc) is 3.27. The molecule has 4 rings (SSSR count). The summed E-state index contributed by atoms with van der Waals surface area (Å²) in [6, 6.07) is 21.4. The molecule has 0 radical (unpaired) electrons. The average molecular weight is 416 g/mol. The van der Waals surface area contributed by atoms with Gasteiger partial charge < -0.3 is 10.1 Å². The van der Waals surface area contributed by atoms with E-state index in [1.807, 2.05) is 66.7 Å². The molecule has 2 aromatic carbocycles. The third kappa shape index (κ3) is 5.30. The van der Waals surface area contributed by atoms with Crippen molar-refractivity contribution in [3.05, 3.63) is 106 Å². The predicted octanol–water partition coefficient (Wildman–Crippen LogP) is 5.15. The van der Waals surface area contributed by atoms with Crippen LogP contribution in [0.2, 0.25) is 0 Å². The van der Waals surface area contributed by atoms with Crippen molar-refractivity contribution in [1.82, 2.24) is 9.97 Å². The molecule has 2 heterocycles. The molecular formula is C24H21N3O2S. The molecule has 0 aliphatic rings. The molecule has 6 heteroatoms. The van der Waals surface area contributed by atoms with E-state index in [1.165, 1.54) is 16.9 Å². The van der Waals surface area contributed by atoms with Gasteiger partial charge in [-0.25, -0.2) is 4.98 Å². The summed E-state index contributed by atoms with van der Waals surface area (Å²) in [5.41, 5.74) is 5.49. The van der Waals surface area contributed by atoms with E-state index in [9.17, 15) is 4.79 Å². The van der Waals surface area contributed by atoms with Gasteiger partial charge in [0.05, 0.1) is 11.2 Å². The topological polar surface area (TPSA) is 64.1 Å². The standard InChI is InChI=1S/C24H21N3O2S/c28-24(23-22(26-17-30-23)10-9-18-11-13-25-14-12-18)27-20-7-4-8-21(15-20)29-16-19-5-2-1-3-6-19/h1-8,11-15,17H,9-10,16H2,(H,27,28). The lowest BCUT2D eigenvalue weighted by Gasteiger charge is -2.09. The summed E-state index contributed by atoms with van der Waals surface area (Å²) < 4.78 is 5.85. The van der Waals surface area contributed by atoms with Gasteiger partial charge in [0.25, 0.3) is 5.91 Å². The minimum atomic E-state index is -0.151. The molecule has 0 aliphatic carbocycles. The summed E-state index contributed by atoms with van der Waals surface area (Å²) in [7, 11) is 0. The van der Waals surface area contributed by atoms with E-state index in [0.29, 0.717) is 29.3 Å². The summed E-state index contributed by atoms with van der Waals surface area (Å²) in [4.78, 5) is 21.9. The van der Waals surface area contributed by atoms with Crippen LogP contribution in [0.4, 0.5) is 5.69 Å². The van der Waals surface area contributed by atoms with E-state index in [1.54, 1.807) is 17.9 Å². The number of rotatable bonds is 8. The highest BCUT2D eigenvalue weighted by Crippen LogP contribution is 2.22. The number of aromatic nitrogens is 2. The molecule has 4 aromatic rings. The second kappa shape index (κ2) is 9.80. The van der Waals surface area contributed by atoms with Gasteiger partial charge in [-0.05, 0) is 48.2 Å². The number of ether oxygens (including phenoxy) is 1. The van der Waals surface area contributed by atoms with Crippen molar-refractivity contribution in [2.45, 2.75) is 19.4 Å². The first kappa shape index (κ1) is 19.8. The molecule has 30 heavy (non-hydrogen) atoms. The highest BCUT2D eigenvalue weighted by molar-refractivity contribution is 7.12. The SMILES string of the molecule is O=C(Nc1cccc(OCc2ccccc2)c1)c1scnc1CCc1ccncc1. The molecule has 0 aliphatic heterocycles. The van der Waals surface area contributed by atoms with Crippen LogP contribution in [0.25, 0.3) is 0 Å². The molecule has 0 spiro atoms. The zero-order chi connectivity index (χ0) is 20.6. The molecule has 0 fully saturated rings. The Labute approximate surface area is 179 Å². The number of carbonyl (C=O) groups is 1. The Morgan fingerprint density at radius 2 is 1.77 bits per heavy atom. The lowest BCUT2D eigenvalue weighted by Crippen LogP contribution is -2.13. The second-order valence-electron chi connectivity index (χ2n) is 6.74. The summed E-state index contributed by atoms with van der Waals surface area (Å²) in [5, 5.41) is 2.96. The fourth-order valence-corrected chi connectivity index (χ4v) is 3.77. The van der Waals surface area contributed by atoms with Crippen LogP contribution in [0.3, 0.4) is 0 Å². The maximum absolute atomic E-state index is 12.8. The molecular weight excluding hydrogens is 394 g/mol. The molecule has 1 amide bonds. The number of carbonyl (C=O) groups excluding carboxylic acids is 1. The third-order valence-corrected chi connectivity index (χ3v) is 5.46. The van der Waals surface area contributed by atoms with E-state index in [0.717, 1.165) is 17.7 Å². The number of pyridine rings is 1. The van der Waals surface area contributed by atoms with Crippen molar-refractivity contribution >= 4 is 22.9 Å². The fourth-order valence-electron chi connectivity index (χ4n) is 3.04. The largest absolute Gasteiger partial charge is 0.489 e. The third-order valence-electron chi connectivity index (χ3n) is 4.59. The van der Waals surface area contributed by atoms with Crippen molar-refractivity contribution in [2.75, 3.05) is 5.32 Å². The number of thiazole rings is 1. The summed E-state index contributed by atoms with van der Waals surface area (Å²) in [6.07, 6.45) is 5.07. The van der Waals surface area contributed by atoms with E-state index in [4.69, 9.17) is 4.74 Å². The van der Waals surface area contributed by atoms with Gasteiger partial charge in [0.2, 0.25) is 0 Å². The lowest BCUT2D eigenvalue weighted by atomic mass is 10.1. The smallest absolute Gasteiger partial charge is 0.267 e. The van der Waals surface area contributed by atoms with Crippen molar-refractivity contribution < 1.29 is 9.53 Å². The molecule has 0 unspecified atom stereocenters. The molecule has 0 atom stereocenters. The number of nitrogens with one attached hydrogen (secondary N) is 1. The molecule has 5 nitrogen and oxygen atoms in total. The number of hydrogen-bond acceptors (Lipinski definition) is 5. The van der Waals surface area contributed by atoms with Crippen LogP contribution >= 0.6 is 11.3 Å². The molecule has 0 bridgehead atoms. The van der Waals surface area contributed by atoms with Gasteiger partial charge in [0, 0.05) is 24.1 Å². The lowest BCUT2D eigenvalue weighted by molar-refractivity contribution is 0.102. The van der Waals surface area contributed by atoms with Crippen molar-refractivity contribution in [2.24, 2.45) is 0 Å². The first-order valence-electron chi connectivity index (χ1n) is 9.67. The van der Waals surface area contributed by atoms with Crippen molar-refractivity contribution in [3.8, 4) is 5.75 Å². The minimum absolute atomic E-state index is 0.151.